The molecule has 2 aromatic carbocycles. The smallest absolute Gasteiger partial charge is 0.322 e. The van der Waals surface area contributed by atoms with Crippen LogP contribution in [0.2, 0.25) is 5.02 Å². The van der Waals surface area contributed by atoms with Gasteiger partial charge in [-0.05, 0) is 62.2 Å². The third-order valence-corrected chi connectivity index (χ3v) is 6.43. The third kappa shape index (κ3) is 5.62. The van der Waals surface area contributed by atoms with E-state index in [1.54, 1.807) is 53.4 Å². The summed E-state index contributed by atoms with van der Waals surface area (Å²) in [7, 11) is 0. The number of carbonyl (C=O) groups is 3. The standard InChI is InChI=1S/C25H29ClN4O4/c1-2-34-19-12-10-17(11-13-19)27-23(31)15-22-24(32)29-20-8-3-4-9-21(20)30(22)25(33)28-18-7-5-6-16(26)14-18/h5-7,10-14,20-22H,2-4,8-9,15H2,1H3,(H,27,31)(H,28,33)(H,29,32)/t20-,21+,22+/m1/s1. The van der Waals surface area contributed by atoms with E-state index >= 15 is 0 Å². The molecule has 3 atom stereocenters. The summed E-state index contributed by atoms with van der Waals surface area (Å²) in [5.74, 6) is 0.0460. The van der Waals surface area contributed by atoms with Crippen molar-refractivity contribution in [3.8, 4) is 5.75 Å². The molecule has 1 saturated heterocycles. The summed E-state index contributed by atoms with van der Waals surface area (Å²) in [6.45, 7) is 2.45. The summed E-state index contributed by atoms with van der Waals surface area (Å²) in [4.78, 5) is 40.8. The minimum Gasteiger partial charge on any atom is -0.494 e. The quantitative estimate of drug-likeness (QED) is 0.565. The van der Waals surface area contributed by atoms with Crippen LogP contribution < -0.4 is 20.7 Å². The Morgan fingerprint density at radius 2 is 1.85 bits per heavy atom. The van der Waals surface area contributed by atoms with E-state index in [9.17, 15) is 14.4 Å². The first-order valence-electron chi connectivity index (χ1n) is 11.6. The summed E-state index contributed by atoms with van der Waals surface area (Å²) >= 11 is 6.06. The summed E-state index contributed by atoms with van der Waals surface area (Å²) in [5.41, 5.74) is 1.13. The van der Waals surface area contributed by atoms with Crippen LogP contribution in [0, 0.1) is 0 Å². The number of carbonyl (C=O) groups excluding carboxylic acids is 3. The third-order valence-electron chi connectivity index (χ3n) is 6.19. The molecule has 34 heavy (non-hydrogen) atoms. The molecule has 0 unspecified atom stereocenters. The molecular formula is C25H29ClN4O4. The van der Waals surface area contributed by atoms with Crippen molar-refractivity contribution in [1.29, 1.82) is 0 Å². The molecule has 9 heteroatoms. The molecule has 1 saturated carbocycles. The number of amides is 4. The fourth-order valence-corrected chi connectivity index (χ4v) is 4.87. The zero-order valence-electron chi connectivity index (χ0n) is 19.1. The zero-order chi connectivity index (χ0) is 24.1. The number of hydrogen-bond donors (Lipinski definition) is 3. The fourth-order valence-electron chi connectivity index (χ4n) is 4.68. The molecule has 2 aliphatic rings. The Labute approximate surface area is 204 Å². The van der Waals surface area contributed by atoms with Crippen molar-refractivity contribution >= 4 is 40.8 Å². The highest BCUT2D eigenvalue weighted by atomic mass is 35.5. The molecule has 4 rings (SSSR count). The number of rotatable bonds is 6. The second kappa shape index (κ2) is 10.8. The van der Waals surface area contributed by atoms with Crippen molar-refractivity contribution in [2.24, 2.45) is 0 Å². The van der Waals surface area contributed by atoms with Gasteiger partial charge in [0.25, 0.3) is 0 Å². The van der Waals surface area contributed by atoms with Gasteiger partial charge in [0, 0.05) is 22.4 Å². The topological polar surface area (TPSA) is 99.8 Å². The number of piperazine rings is 1. The van der Waals surface area contributed by atoms with E-state index in [2.05, 4.69) is 16.0 Å². The van der Waals surface area contributed by atoms with E-state index < -0.39 is 12.1 Å². The Bertz CT molecular complexity index is 1050. The summed E-state index contributed by atoms with van der Waals surface area (Å²) < 4.78 is 5.42. The summed E-state index contributed by atoms with van der Waals surface area (Å²) in [6.07, 6.45) is 3.38. The molecule has 4 amide bonds. The lowest BCUT2D eigenvalue weighted by atomic mass is 9.85. The van der Waals surface area contributed by atoms with Crippen LogP contribution in [0.3, 0.4) is 0 Å². The Morgan fingerprint density at radius 1 is 1.09 bits per heavy atom. The largest absolute Gasteiger partial charge is 0.494 e. The van der Waals surface area contributed by atoms with E-state index in [1.165, 1.54) is 0 Å². The molecule has 1 heterocycles. The molecule has 180 valence electrons. The molecule has 0 bridgehead atoms. The monoisotopic (exact) mass is 484 g/mol. The molecule has 3 N–H and O–H groups in total. The molecule has 2 fully saturated rings. The van der Waals surface area contributed by atoms with Gasteiger partial charge in [0.2, 0.25) is 11.8 Å². The van der Waals surface area contributed by atoms with Crippen LogP contribution in [0.15, 0.2) is 48.5 Å². The number of nitrogens with one attached hydrogen (secondary N) is 3. The fraction of sp³-hybridized carbons (Fsp3) is 0.400. The molecule has 8 nitrogen and oxygen atoms in total. The highest BCUT2D eigenvalue weighted by Gasteiger charge is 2.46. The van der Waals surface area contributed by atoms with Gasteiger partial charge in [-0.25, -0.2) is 4.79 Å². The molecule has 0 spiro atoms. The van der Waals surface area contributed by atoms with Gasteiger partial charge in [0.05, 0.1) is 19.1 Å². The highest BCUT2D eigenvalue weighted by Crippen LogP contribution is 2.30. The van der Waals surface area contributed by atoms with Gasteiger partial charge in [0.15, 0.2) is 0 Å². The van der Waals surface area contributed by atoms with E-state index in [1.807, 2.05) is 6.92 Å². The van der Waals surface area contributed by atoms with Gasteiger partial charge in [-0.1, -0.05) is 30.5 Å². The number of nitrogens with zero attached hydrogens (tertiary/aromatic N) is 1. The maximum Gasteiger partial charge on any atom is 0.322 e. The molecule has 0 aromatic heterocycles. The lowest BCUT2D eigenvalue weighted by molar-refractivity contribution is -0.135. The number of anilines is 2. The van der Waals surface area contributed by atoms with E-state index in [-0.39, 0.29) is 30.3 Å². The first-order valence-corrected chi connectivity index (χ1v) is 12.0. The Kier molecular flexibility index (Phi) is 7.57. The molecular weight excluding hydrogens is 456 g/mol. The zero-order valence-corrected chi connectivity index (χ0v) is 19.8. The van der Waals surface area contributed by atoms with Gasteiger partial charge in [-0.15, -0.1) is 0 Å². The van der Waals surface area contributed by atoms with Crippen LogP contribution >= 0.6 is 11.6 Å². The molecule has 2 aromatic rings. The van der Waals surface area contributed by atoms with Crippen molar-refractivity contribution in [3.63, 3.8) is 0 Å². The maximum atomic E-state index is 13.4. The summed E-state index contributed by atoms with van der Waals surface area (Å²) in [6, 6.07) is 12.3. The van der Waals surface area contributed by atoms with Crippen molar-refractivity contribution in [1.82, 2.24) is 10.2 Å². The predicted octanol–water partition coefficient (Wildman–Crippen LogP) is 4.41. The molecule has 1 aliphatic heterocycles. The maximum absolute atomic E-state index is 13.4. The van der Waals surface area contributed by atoms with Gasteiger partial charge in [-0.3, -0.25) is 9.59 Å². The first-order chi connectivity index (χ1) is 16.4. The number of ether oxygens (including phenoxy) is 1. The molecule has 0 radical (unpaired) electrons. The highest BCUT2D eigenvalue weighted by molar-refractivity contribution is 6.30. The van der Waals surface area contributed by atoms with Crippen LogP contribution in [0.4, 0.5) is 16.2 Å². The van der Waals surface area contributed by atoms with Crippen LogP contribution in [-0.4, -0.2) is 47.5 Å². The van der Waals surface area contributed by atoms with Crippen LogP contribution in [-0.2, 0) is 9.59 Å². The van der Waals surface area contributed by atoms with Crippen molar-refractivity contribution < 1.29 is 19.1 Å². The number of halogens is 1. The average molecular weight is 485 g/mol. The van der Waals surface area contributed by atoms with E-state index in [0.29, 0.717) is 28.8 Å². The number of urea groups is 1. The Hall–Kier alpha value is -3.26. The Morgan fingerprint density at radius 3 is 2.59 bits per heavy atom. The predicted molar refractivity (Wildman–Crippen MR) is 131 cm³/mol. The van der Waals surface area contributed by atoms with E-state index in [4.69, 9.17) is 16.3 Å². The normalized spacial score (nSPS) is 21.8. The van der Waals surface area contributed by atoms with Crippen molar-refractivity contribution in [2.75, 3.05) is 17.2 Å². The van der Waals surface area contributed by atoms with Crippen LogP contribution in [0.5, 0.6) is 5.75 Å². The van der Waals surface area contributed by atoms with Gasteiger partial charge >= 0.3 is 6.03 Å². The van der Waals surface area contributed by atoms with Crippen molar-refractivity contribution in [3.05, 3.63) is 53.6 Å². The Balaban J connectivity index is 1.51. The minimum absolute atomic E-state index is 0.114. The van der Waals surface area contributed by atoms with Crippen molar-refractivity contribution in [2.45, 2.75) is 57.2 Å². The van der Waals surface area contributed by atoms with E-state index in [0.717, 1.165) is 25.7 Å². The van der Waals surface area contributed by atoms with Gasteiger partial charge < -0.3 is 25.6 Å². The first kappa shape index (κ1) is 23.9. The van der Waals surface area contributed by atoms with Crippen LogP contribution in [0.1, 0.15) is 39.0 Å². The van der Waals surface area contributed by atoms with Crippen LogP contribution in [0.25, 0.3) is 0 Å². The lowest BCUT2D eigenvalue weighted by Gasteiger charge is -2.47. The summed E-state index contributed by atoms with van der Waals surface area (Å²) in [5, 5.41) is 9.21. The number of fused-ring (bicyclic) bond motifs is 1. The number of benzene rings is 2. The second-order valence-electron chi connectivity index (χ2n) is 8.54. The second-order valence-corrected chi connectivity index (χ2v) is 8.98. The number of hydrogen-bond acceptors (Lipinski definition) is 4. The molecule has 1 aliphatic carbocycles. The average Bonchev–Trinajstić information content (AvgIpc) is 2.81. The van der Waals surface area contributed by atoms with Gasteiger partial charge in [0.1, 0.15) is 11.8 Å². The minimum atomic E-state index is -0.916. The lowest BCUT2D eigenvalue weighted by Crippen LogP contribution is -2.68. The SMILES string of the molecule is CCOc1ccc(NC(=O)C[C@H]2C(=O)N[C@@H]3CCCC[C@@H]3N2C(=O)Nc2cccc(Cl)c2)cc1. The van der Waals surface area contributed by atoms with Gasteiger partial charge in [-0.2, -0.15) is 0 Å².